The molecule has 3 aromatic rings. The molecular weight excluding hydrogens is 306 g/mol. The highest BCUT2D eigenvalue weighted by Crippen LogP contribution is 2.36. The van der Waals surface area contributed by atoms with Crippen molar-refractivity contribution >= 4 is 40.2 Å². The number of aromatic amines is 1. The minimum atomic E-state index is -0.340. The molecule has 0 aliphatic heterocycles. The minimum Gasteiger partial charge on any atom is -0.465 e. The molecule has 0 atom stereocenters. The quantitative estimate of drug-likeness (QED) is 0.708. The van der Waals surface area contributed by atoms with Crippen molar-refractivity contribution in [2.24, 2.45) is 0 Å². The number of ether oxygens (including phenoxy) is 1. The predicted octanol–water partition coefficient (Wildman–Crippen LogP) is 4.76. The standard InChI is InChI=1S/C16H12ClNO2S/c1-20-16(19)12-6-3-7-13-15(12)14(9-18-13)21-11-5-2-4-10(17)8-11/h2-9,18H,1H3. The highest BCUT2D eigenvalue weighted by molar-refractivity contribution is 7.99. The fraction of sp³-hybridized carbons (Fsp3) is 0.0625. The molecule has 3 rings (SSSR count). The van der Waals surface area contributed by atoms with E-state index in [-0.39, 0.29) is 5.97 Å². The van der Waals surface area contributed by atoms with Crippen molar-refractivity contribution in [1.82, 2.24) is 4.98 Å². The molecule has 0 aliphatic rings. The molecule has 21 heavy (non-hydrogen) atoms. The molecule has 3 nitrogen and oxygen atoms in total. The summed E-state index contributed by atoms with van der Waals surface area (Å²) in [7, 11) is 1.39. The summed E-state index contributed by atoms with van der Waals surface area (Å²) in [4.78, 5) is 17.1. The summed E-state index contributed by atoms with van der Waals surface area (Å²) in [5, 5.41) is 1.56. The van der Waals surface area contributed by atoms with Crippen LogP contribution in [0.25, 0.3) is 10.9 Å². The number of halogens is 1. The van der Waals surface area contributed by atoms with Crippen molar-refractivity contribution in [3.05, 3.63) is 59.2 Å². The average molecular weight is 318 g/mol. The Balaban J connectivity index is 2.09. The van der Waals surface area contributed by atoms with Gasteiger partial charge in [0, 0.05) is 31.9 Å². The fourth-order valence-electron chi connectivity index (χ4n) is 2.17. The Bertz CT molecular complexity index is 813. The van der Waals surface area contributed by atoms with E-state index >= 15 is 0 Å². The lowest BCUT2D eigenvalue weighted by molar-refractivity contribution is 0.0603. The second-order valence-corrected chi connectivity index (χ2v) is 5.98. The van der Waals surface area contributed by atoms with Crippen molar-refractivity contribution in [3.63, 3.8) is 0 Å². The van der Waals surface area contributed by atoms with E-state index in [0.717, 1.165) is 20.7 Å². The molecule has 0 bridgehead atoms. The number of H-pyrrole nitrogens is 1. The van der Waals surface area contributed by atoms with Gasteiger partial charge in [0.05, 0.1) is 12.7 Å². The summed E-state index contributed by atoms with van der Waals surface area (Å²) >= 11 is 7.57. The van der Waals surface area contributed by atoms with Crippen molar-refractivity contribution in [1.29, 1.82) is 0 Å². The number of esters is 1. The Morgan fingerprint density at radius 2 is 2.05 bits per heavy atom. The van der Waals surface area contributed by atoms with Crippen LogP contribution in [-0.2, 0) is 4.74 Å². The van der Waals surface area contributed by atoms with Crippen LogP contribution >= 0.6 is 23.4 Å². The van der Waals surface area contributed by atoms with Crippen LogP contribution in [0.2, 0.25) is 5.02 Å². The molecule has 0 radical (unpaired) electrons. The predicted molar refractivity (Wildman–Crippen MR) is 85.2 cm³/mol. The monoisotopic (exact) mass is 317 g/mol. The van der Waals surface area contributed by atoms with E-state index in [1.54, 1.807) is 17.8 Å². The van der Waals surface area contributed by atoms with Gasteiger partial charge in [0.2, 0.25) is 0 Å². The summed E-state index contributed by atoms with van der Waals surface area (Å²) in [6.45, 7) is 0. The third-order valence-corrected chi connectivity index (χ3v) is 4.37. The third kappa shape index (κ3) is 2.77. The van der Waals surface area contributed by atoms with E-state index in [1.165, 1.54) is 7.11 Å². The summed E-state index contributed by atoms with van der Waals surface area (Å²) in [6, 6.07) is 13.1. The molecule has 0 saturated heterocycles. The molecule has 5 heteroatoms. The summed E-state index contributed by atoms with van der Waals surface area (Å²) in [5.41, 5.74) is 1.46. The van der Waals surface area contributed by atoms with Gasteiger partial charge in [0.25, 0.3) is 0 Å². The highest BCUT2D eigenvalue weighted by Gasteiger charge is 2.15. The molecule has 0 saturated carbocycles. The van der Waals surface area contributed by atoms with Crippen LogP contribution in [0.4, 0.5) is 0 Å². The van der Waals surface area contributed by atoms with Gasteiger partial charge in [-0.1, -0.05) is 35.5 Å². The van der Waals surface area contributed by atoms with Crippen LogP contribution < -0.4 is 0 Å². The zero-order valence-corrected chi connectivity index (χ0v) is 12.8. The molecule has 0 fully saturated rings. The number of carbonyl (C=O) groups excluding carboxylic acids is 1. The summed E-state index contributed by atoms with van der Waals surface area (Å²) in [5.74, 6) is -0.340. The number of hydrogen-bond donors (Lipinski definition) is 1. The molecule has 1 heterocycles. The Morgan fingerprint density at radius 1 is 1.24 bits per heavy atom. The van der Waals surface area contributed by atoms with Gasteiger partial charge in [-0.25, -0.2) is 4.79 Å². The lowest BCUT2D eigenvalue weighted by atomic mass is 10.1. The SMILES string of the molecule is COC(=O)c1cccc2[nH]cc(Sc3cccc(Cl)c3)c12. The highest BCUT2D eigenvalue weighted by atomic mass is 35.5. The average Bonchev–Trinajstić information content (AvgIpc) is 2.90. The number of carbonyl (C=O) groups is 1. The van der Waals surface area contributed by atoms with Crippen LogP contribution in [0, 0.1) is 0 Å². The summed E-state index contributed by atoms with van der Waals surface area (Å²) < 4.78 is 4.85. The fourth-order valence-corrected chi connectivity index (χ4v) is 3.45. The Hall–Kier alpha value is -1.91. The van der Waals surface area contributed by atoms with E-state index in [4.69, 9.17) is 16.3 Å². The number of nitrogens with one attached hydrogen (secondary N) is 1. The van der Waals surface area contributed by atoms with Gasteiger partial charge in [-0.15, -0.1) is 0 Å². The zero-order chi connectivity index (χ0) is 14.8. The largest absolute Gasteiger partial charge is 0.465 e. The van der Waals surface area contributed by atoms with E-state index in [2.05, 4.69) is 4.98 Å². The first-order valence-electron chi connectivity index (χ1n) is 6.31. The first kappa shape index (κ1) is 14.0. The normalized spacial score (nSPS) is 10.8. The van der Waals surface area contributed by atoms with Gasteiger partial charge in [0.1, 0.15) is 0 Å². The Morgan fingerprint density at radius 3 is 2.81 bits per heavy atom. The molecule has 0 amide bonds. The Kier molecular flexibility index (Phi) is 3.90. The van der Waals surface area contributed by atoms with Crippen LogP contribution in [0.5, 0.6) is 0 Å². The molecule has 0 unspecified atom stereocenters. The van der Waals surface area contributed by atoms with Gasteiger partial charge < -0.3 is 9.72 Å². The van der Waals surface area contributed by atoms with E-state index < -0.39 is 0 Å². The second kappa shape index (κ2) is 5.84. The topological polar surface area (TPSA) is 42.1 Å². The van der Waals surface area contributed by atoms with Crippen LogP contribution in [0.15, 0.2) is 58.5 Å². The number of benzene rings is 2. The van der Waals surface area contributed by atoms with E-state index in [9.17, 15) is 4.79 Å². The molecule has 0 aliphatic carbocycles. The van der Waals surface area contributed by atoms with Gasteiger partial charge in [-0.05, 0) is 30.3 Å². The molecule has 0 spiro atoms. The maximum absolute atomic E-state index is 11.9. The number of fused-ring (bicyclic) bond motifs is 1. The van der Waals surface area contributed by atoms with Crippen molar-refractivity contribution in [2.45, 2.75) is 9.79 Å². The number of methoxy groups -OCH3 is 1. The molecule has 2 aromatic carbocycles. The molecule has 1 N–H and O–H groups in total. The number of aromatic nitrogens is 1. The third-order valence-electron chi connectivity index (χ3n) is 3.10. The number of hydrogen-bond acceptors (Lipinski definition) is 3. The van der Waals surface area contributed by atoms with E-state index in [1.807, 2.05) is 42.6 Å². The maximum Gasteiger partial charge on any atom is 0.338 e. The molecular formula is C16H12ClNO2S. The summed E-state index contributed by atoms with van der Waals surface area (Å²) in [6.07, 6.45) is 1.89. The number of rotatable bonds is 3. The van der Waals surface area contributed by atoms with Crippen LogP contribution in [-0.4, -0.2) is 18.1 Å². The minimum absolute atomic E-state index is 0.340. The second-order valence-electron chi connectivity index (χ2n) is 4.43. The zero-order valence-electron chi connectivity index (χ0n) is 11.2. The first-order chi connectivity index (χ1) is 10.2. The smallest absolute Gasteiger partial charge is 0.338 e. The van der Waals surface area contributed by atoms with Crippen molar-refractivity contribution < 1.29 is 9.53 Å². The van der Waals surface area contributed by atoms with Crippen LogP contribution in [0.1, 0.15) is 10.4 Å². The van der Waals surface area contributed by atoms with Crippen LogP contribution in [0.3, 0.4) is 0 Å². The molecule has 106 valence electrons. The van der Waals surface area contributed by atoms with Gasteiger partial charge in [0.15, 0.2) is 0 Å². The Labute approximate surface area is 131 Å². The first-order valence-corrected chi connectivity index (χ1v) is 7.50. The lowest BCUT2D eigenvalue weighted by Crippen LogP contribution is -2.01. The van der Waals surface area contributed by atoms with Gasteiger partial charge >= 0.3 is 5.97 Å². The molecule has 1 aromatic heterocycles. The lowest BCUT2D eigenvalue weighted by Gasteiger charge is -2.05. The van der Waals surface area contributed by atoms with Gasteiger partial charge in [-0.3, -0.25) is 0 Å². The van der Waals surface area contributed by atoms with E-state index in [0.29, 0.717) is 10.6 Å². The van der Waals surface area contributed by atoms with Crippen molar-refractivity contribution in [3.8, 4) is 0 Å². The maximum atomic E-state index is 11.9. The van der Waals surface area contributed by atoms with Crippen molar-refractivity contribution in [2.75, 3.05) is 7.11 Å². The van der Waals surface area contributed by atoms with Gasteiger partial charge in [-0.2, -0.15) is 0 Å².